The van der Waals surface area contributed by atoms with Gasteiger partial charge in [-0.25, -0.2) is 9.97 Å². The fourth-order valence-electron chi connectivity index (χ4n) is 4.77. The summed E-state index contributed by atoms with van der Waals surface area (Å²) in [5.74, 6) is -0.927. The van der Waals surface area contributed by atoms with Crippen LogP contribution in [0.3, 0.4) is 0 Å². The fraction of sp³-hybridized carbons (Fsp3) is 0.314. The molecule has 42 heavy (non-hydrogen) atoms. The Hall–Kier alpha value is -4.52. The van der Waals surface area contributed by atoms with Gasteiger partial charge in [0.15, 0.2) is 0 Å². The van der Waals surface area contributed by atoms with Gasteiger partial charge in [0.05, 0.1) is 11.3 Å². The summed E-state index contributed by atoms with van der Waals surface area (Å²) in [5, 5.41) is 9.60. The van der Waals surface area contributed by atoms with E-state index in [0.717, 1.165) is 17.5 Å². The molecule has 7 nitrogen and oxygen atoms in total. The Kier molecular flexibility index (Phi) is 10.1. The van der Waals surface area contributed by atoms with Crippen molar-refractivity contribution in [2.45, 2.75) is 52.0 Å². The Labute approximate surface area is 248 Å². The number of amides is 1. The highest BCUT2D eigenvalue weighted by molar-refractivity contribution is 5.96. The van der Waals surface area contributed by atoms with Crippen molar-refractivity contribution in [1.29, 1.82) is 0 Å². The summed E-state index contributed by atoms with van der Waals surface area (Å²) in [6.07, 6.45) is 3.60. The smallest absolute Gasteiger partial charge is 0.323 e. The molecule has 1 N–H and O–H groups in total. The first-order valence-corrected chi connectivity index (χ1v) is 14.4. The lowest BCUT2D eigenvalue weighted by Gasteiger charge is -2.23. The number of benzene rings is 3. The first-order chi connectivity index (χ1) is 20.1. The molecule has 0 bridgehead atoms. The van der Waals surface area contributed by atoms with Gasteiger partial charge in [-0.2, -0.15) is 0 Å². The van der Waals surface area contributed by atoms with Crippen molar-refractivity contribution in [2.75, 3.05) is 25.0 Å². The van der Waals surface area contributed by atoms with Crippen LogP contribution in [-0.4, -0.2) is 52.0 Å². The van der Waals surface area contributed by atoms with Gasteiger partial charge in [-0.15, -0.1) is 0 Å². The van der Waals surface area contributed by atoms with Crippen molar-refractivity contribution in [3.05, 3.63) is 125 Å². The van der Waals surface area contributed by atoms with Crippen molar-refractivity contribution in [3.63, 3.8) is 0 Å². The molecule has 7 heteroatoms. The van der Waals surface area contributed by atoms with Gasteiger partial charge >= 0.3 is 5.97 Å². The Morgan fingerprint density at radius 2 is 1.38 bits per heavy atom. The highest BCUT2D eigenvalue weighted by Gasteiger charge is 2.24. The summed E-state index contributed by atoms with van der Waals surface area (Å²) >= 11 is 0. The largest absolute Gasteiger partial charge is 0.480 e. The number of carboxylic acid groups (broad SMARTS) is 1. The van der Waals surface area contributed by atoms with Gasteiger partial charge in [0.1, 0.15) is 6.54 Å². The van der Waals surface area contributed by atoms with Crippen molar-refractivity contribution in [1.82, 2.24) is 14.9 Å². The van der Waals surface area contributed by atoms with Crippen LogP contribution in [-0.2, 0) is 36.0 Å². The minimum Gasteiger partial charge on any atom is -0.480 e. The SMILES string of the molecule is CN(CCc1ccccc1)c1ncc(C(=O)N(CC(=O)O)Cc2ccccc2)c(CCc2ccc(C(C)(C)C)cc2)n1. The molecule has 0 aliphatic carbocycles. The summed E-state index contributed by atoms with van der Waals surface area (Å²) in [6.45, 7) is 7.04. The maximum atomic E-state index is 13.8. The van der Waals surface area contributed by atoms with Crippen molar-refractivity contribution in [3.8, 4) is 0 Å². The van der Waals surface area contributed by atoms with Gasteiger partial charge in [-0.05, 0) is 46.9 Å². The predicted molar refractivity (Wildman–Crippen MR) is 167 cm³/mol. The molecule has 0 saturated heterocycles. The third-order valence-corrected chi connectivity index (χ3v) is 7.31. The molecule has 0 aliphatic heterocycles. The molecule has 218 valence electrons. The lowest BCUT2D eigenvalue weighted by molar-refractivity contribution is -0.137. The molecular formula is C35H40N4O3. The van der Waals surface area contributed by atoms with Gasteiger partial charge in [0.25, 0.3) is 5.91 Å². The maximum absolute atomic E-state index is 13.8. The monoisotopic (exact) mass is 564 g/mol. The molecule has 0 spiro atoms. The number of carboxylic acids is 1. The van der Waals surface area contributed by atoms with Crippen LogP contribution in [0.1, 0.15) is 59.1 Å². The quantitative estimate of drug-likeness (QED) is 0.228. The number of nitrogens with zero attached hydrogens (tertiary/aromatic N) is 4. The molecule has 1 amide bonds. The molecule has 0 saturated carbocycles. The molecule has 0 atom stereocenters. The van der Waals surface area contributed by atoms with Crippen LogP contribution in [0.2, 0.25) is 0 Å². The highest BCUT2D eigenvalue weighted by Crippen LogP contribution is 2.23. The zero-order chi connectivity index (χ0) is 30.1. The lowest BCUT2D eigenvalue weighted by Crippen LogP contribution is -2.36. The minimum absolute atomic E-state index is 0.0658. The van der Waals surface area contributed by atoms with Gasteiger partial charge in [-0.1, -0.05) is 106 Å². The number of aromatic nitrogens is 2. The van der Waals surface area contributed by atoms with Crippen LogP contribution in [0.4, 0.5) is 5.95 Å². The van der Waals surface area contributed by atoms with E-state index in [1.807, 2.05) is 60.5 Å². The van der Waals surface area contributed by atoms with Crippen molar-refractivity contribution in [2.24, 2.45) is 0 Å². The lowest BCUT2D eigenvalue weighted by atomic mass is 9.86. The summed E-state index contributed by atoms with van der Waals surface area (Å²) in [4.78, 5) is 38.3. The molecule has 1 aromatic heterocycles. The number of anilines is 1. The Balaban J connectivity index is 1.61. The molecular weight excluding hydrogens is 524 g/mol. The number of hydrogen-bond acceptors (Lipinski definition) is 5. The third-order valence-electron chi connectivity index (χ3n) is 7.31. The second-order valence-corrected chi connectivity index (χ2v) is 11.7. The summed E-state index contributed by atoms with van der Waals surface area (Å²) in [7, 11) is 1.95. The van der Waals surface area contributed by atoms with E-state index < -0.39 is 18.4 Å². The van der Waals surface area contributed by atoms with Gasteiger partial charge in [0, 0.05) is 26.3 Å². The number of rotatable bonds is 12. The average Bonchev–Trinajstić information content (AvgIpc) is 2.98. The third kappa shape index (κ3) is 8.49. The average molecular weight is 565 g/mol. The summed E-state index contributed by atoms with van der Waals surface area (Å²) < 4.78 is 0. The van der Waals surface area contributed by atoms with E-state index in [4.69, 9.17) is 4.98 Å². The number of hydrogen-bond donors (Lipinski definition) is 1. The van der Waals surface area contributed by atoms with E-state index in [2.05, 4.69) is 62.2 Å². The van der Waals surface area contributed by atoms with Gasteiger partial charge in [-0.3, -0.25) is 9.59 Å². The number of likely N-dealkylation sites (N-methyl/N-ethyl adjacent to an activating group) is 1. The van der Waals surface area contributed by atoms with E-state index in [0.29, 0.717) is 36.6 Å². The summed E-state index contributed by atoms with van der Waals surface area (Å²) in [5.41, 5.74) is 5.49. The van der Waals surface area contributed by atoms with Gasteiger partial charge < -0.3 is 14.9 Å². The normalized spacial score (nSPS) is 11.2. The van der Waals surface area contributed by atoms with Crippen LogP contribution in [0.5, 0.6) is 0 Å². The second kappa shape index (κ2) is 13.9. The molecule has 3 aromatic carbocycles. The van der Waals surface area contributed by atoms with E-state index in [1.54, 1.807) is 6.20 Å². The van der Waals surface area contributed by atoms with Crippen molar-refractivity contribution < 1.29 is 14.7 Å². The molecule has 0 fully saturated rings. The van der Waals surface area contributed by atoms with E-state index in [9.17, 15) is 14.7 Å². The molecule has 1 heterocycles. The van der Waals surface area contributed by atoms with E-state index in [-0.39, 0.29) is 12.0 Å². The molecule has 0 unspecified atom stereocenters. The zero-order valence-electron chi connectivity index (χ0n) is 25.0. The topological polar surface area (TPSA) is 86.6 Å². The van der Waals surface area contributed by atoms with Gasteiger partial charge in [0.2, 0.25) is 5.95 Å². The zero-order valence-corrected chi connectivity index (χ0v) is 25.0. The number of aliphatic carboxylic acids is 1. The first kappa shape index (κ1) is 30.4. The molecule has 4 aromatic rings. The van der Waals surface area contributed by atoms with E-state index >= 15 is 0 Å². The Morgan fingerprint density at radius 1 is 0.786 bits per heavy atom. The predicted octanol–water partition coefficient (Wildman–Crippen LogP) is 5.97. The fourth-order valence-corrected chi connectivity index (χ4v) is 4.77. The van der Waals surface area contributed by atoms with Crippen molar-refractivity contribution >= 4 is 17.8 Å². The van der Waals surface area contributed by atoms with Crippen LogP contribution in [0.15, 0.2) is 91.1 Å². The maximum Gasteiger partial charge on any atom is 0.323 e. The second-order valence-electron chi connectivity index (χ2n) is 11.7. The number of carbonyl (C=O) groups excluding carboxylic acids is 1. The van der Waals surface area contributed by atoms with Crippen LogP contribution in [0.25, 0.3) is 0 Å². The standard InChI is InChI=1S/C35H40N4O3/c1-35(2,3)29-18-15-27(16-19-29)17-20-31-30(33(42)39(25-32(40)41)24-28-13-9-6-10-14-28)23-36-34(37-31)38(4)22-21-26-11-7-5-8-12-26/h5-16,18-19,23H,17,20-22,24-25H2,1-4H3,(H,40,41). The van der Waals surface area contributed by atoms with E-state index in [1.165, 1.54) is 16.0 Å². The molecule has 4 rings (SSSR count). The molecule has 0 radical (unpaired) electrons. The number of aryl methyl sites for hydroxylation is 2. The summed E-state index contributed by atoms with van der Waals surface area (Å²) in [6, 6.07) is 28.2. The highest BCUT2D eigenvalue weighted by atomic mass is 16.4. The van der Waals surface area contributed by atoms with Crippen LogP contribution >= 0.6 is 0 Å². The Bertz CT molecular complexity index is 1470. The number of carbonyl (C=O) groups is 2. The first-order valence-electron chi connectivity index (χ1n) is 14.4. The minimum atomic E-state index is -1.07. The Morgan fingerprint density at radius 3 is 1.98 bits per heavy atom. The van der Waals surface area contributed by atoms with Crippen LogP contribution in [0, 0.1) is 0 Å². The molecule has 0 aliphatic rings. The van der Waals surface area contributed by atoms with Crippen LogP contribution < -0.4 is 4.90 Å².